The van der Waals surface area contributed by atoms with Crippen molar-refractivity contribution in [2.75, 3.05) is 39.3 Å². The van der Waals surface area contributed by atoms with E-state index in [1.165, 1.54) is 12.5 Å². The molecular formula is C24H32F2N4O2. The molecule has 0 bridgehead atoms. The molecule has 1 N–H and O–H groups in total. The molecule has 1 aromatic rings. The Labute approximate surface area is 188 Å². The van der Waals surface area contributed by atoms with E-state index in [1.807, 2.05) is 9.80 Å². The molecule has 3 aliphatic heterocycles. The number of halogens is 2. The lowest BCUT2D eigenvalue weighted by atomic mass is 10.0. The van der Waals surface area contributed by atoms with Gasteiger partial charge >= 0.3 is 12.1 Å². The van der Waals surface area contributed by atoms with E-state index < -0.39 is 11.6 Å². The van der Waals surface area contributed by atoms with Gasteiger partial charge in [0, 0.05) is 50.9 Å². The van der Waals surface area contributed by atoms with Crippen molar-refractivity contribution in [3.63, 3.8) is 0 Å². The fraction of sp³-hybridized carbons (Fsp3) is 0.583. The highest BCUT2D eigenvalue weighted by molar-refractivity contribution is 5.76. The van der Waals surface area contributed by atoms with Gasteiger partial charge in [0.15, 0.2) is 0 Å². The van der Waals surface area contributed by atoms with Crippen molar-refractivity contribution in [3.8, 4) is 0 Å². The van der Waals surface area contributed by atoms with E-state index in [1.54, 1.807) is 11.0 Å². The lowest BCUT2D eigenvalue weighted by Gasteiger charge is -2.38. The van der Waals surface area contributed by atoms with Crippen molar-refractivity contribution in [2.24, 2.45) is 0 Å². The SMILES string of the molecule is O=C(NC1CCN(C(=O)N2CCCCC2)CC1)N1CCC(=Cc2cc(F)ccc2F)CC1. The van der Waals surface area contributed by atoms with E-state index in [0.717, 1.165) is 56.5 Å². The number of nitrogens with one attached hydrogen (secondary N) is 1. The molecule has 3 heterocycles. The predicted molar refractivity (Wildman–Crippen MR) is 119 cm³/mol. The van der Waals surface area contributed by atoms with Crippen LogP contribution in [0, 0.1) is 11.6 Å². The standard InChI is InChI=1S/C24H32F2N4O2/c25-20-4-5-22(26)19(17-20)16-18-6-12-28(13-7-18)23(31)27-21-8-14-30(15-9-21)24(32)29-10-2-1-3-11-29/h4-5,16-17,21H,1-3,6-15H2,(H,27,31). The van der Waals surface area contributed by atoms with Gasteiger partial charge in [0.25, 0.3) is 0 Å². The van der Waals surface area contributed by atoms with Gasteiger partial charge in [-0.05, 0) is 63.1 Å². The van der Waals surface area contributed by atoms with Gasteiger partial charge in [0.2, 0.25) is 0 Å². The monoisotopic (exact) mass is 446 g/mol. The van der Waals surface area contributed by atoms with Crippen molar-refractivity contribution in [1.29, 1.82) is 0 Å². The van der Waals surface area contributed by atoms with Crippen LogP contribution in [0.25, 0.3) is 6.08 Å². The quantitative estimate of drug-likeness (QED) is 0.740. The van der Waals surface area contributed by atoms with Gasteiger partial charge in [-0.1, -0.05) is 11.6 Å². The van der Waals surface area contributed by atoms with Crippen LogP contribution >= 0.6 is 0 Å². The number of amides is 4. The fourth-order valence-corrected chi connectivity index (χ4v) is 4.75. The van der Waals surface area contributed by atoms with E-state index >= 15 is 0 Å². The van der Waals surface area contributed by atoms with Gasteiger partial charge in [-0.25, -0.2) is 18.4 Å². The highest BCUT2D eigenvalue weighted by atomic mass is 19.1. The molecule has 0 aromatic heterocycles. The number of rotatable bonds is 2. The normalized spacial score (nSPS) is 20.3. The number of likely N-dealkylation sites (tertiary alicyclic amines) is 3. The van der Waals surface area contributed by atoms with Crippen LogP contribution in [0.15, 0.2) is 23.8 Å². The number of carbonyl (C=O) groups excluding carboxylic acids is 2. The summed E-state index contributed by atoms with van der Waals surface area (Å²) in [6, 6.07) is 3.57. The van der Waals surface area contributed by atoms with Gasteiger partial charge in [-0.3, -0.25) is 0 Å². The number of hydrogen-bond donors (Lipinski definition) is 1. The van der Waals surface area contributed by atoms with Crippen molar-refractivity contribution in [1.82, 2.24) is 20.0 Å². The molecule has 0 saturated carbocycles. The second kappa shape index (κ2) is 10.3. The molecule has 3 saturated heterocycles. The summed E-state index contributed by atoms with van der Waals surface area (Å²) in [5, 5.41) is 3.12. The Morgan fingerprint density at radius 1 is 0.875 bits per heavy atom. The maximum Gasteiger partial charge on any atom is 0.319 e. The number of carbonyl (C=O) groups is 2. The van der Waals surface area contributed by atoms with E-state index in [2.05, 4.69) is 5.32 Å². The van der Waals surface area contributed by atoms with E-state index in [9.17, 15) is 18.4 Å². The third-order valence-corrected chi connectivity index (χ3v) is 6.73. The minimum absolute atomic E-state index is 0.0752. The summed E-state index contributed by atoms with van der Waals surface area (Å²) < 4.78 is 27.2. The third-order valence-electron chi connectivity index (χ3n) is 6.73. The zero-order chi connectivity index (χ0) is 22.5. The first-order chi connectivity index (χ1) is 15.5. The highest BCUT2D eigenvalue weighted by Gasteiger charge is 2.29. The molecule has 0 radical (unpaired) electrons. The molecule has 3 aliphatic rings. The predicted octanol–water partition coefficient (Wildman–Crippen LogP) is 4.22. The van der Waals surface area contributed by atoms with Crippen molar-refractivity contribution >= 4 is 18.1 Å². The maximum absolute atomic E-state index is 13.9. The summed E-state index contributed by atoms with van der Waals surface area (Å²) in [5.74, 6) is -0.900. The Bertz CT molecular complexity index is 852. The summed E-state index contributed by atoms with van der Waals surface area (Å²) in [5.41, 5.74) is 1.27. The number of nitrogens with zero attached hydrogens (tertiary/aromatic N) is 3. The van der Waals surface area contributed by atoms with Gasteiger partial charge in [0.1, 0.15) is 11.6 Å². The molecule has 6 nitrogen and oxygen atoms in total. The molecule has 8 heteroatoms. The van der Waals surface area contributed by atoms with E-state index in [-0.39, 0.29) is 23.7 Å². The second-order valence-corrected chi connectivity index (χ2v) is 9.00. The molecule has 3 fully saturated rings. The zero-order valence-corrected chi connectivity index (χ0v) is 18.5. The minimum Gasteiger partial charge on any atom is -0.335 e. The Morgan fingerprint density at radius 2 is 1.53 bits per heavy atom. The largest absolute Gasteiger partial charge is 0.335 e. The second-order valence-electron chi connectivity index (χ2n) is 9.00. The molecule has 0 spiro atoms. The van der Waals surface area contributed by atoms with E-state index in [0.29, 0.717) is 39.0 Å². The number of benzene rings is 1. The topological polar surface area (TPSA) is 55.9 Å². The Balaban J connectivity index is 1.21. The minimum atomic E-state index is -0.460. The van der Waals surface area contributed by atoms with Crippen LogP contribution in [0.1, 0.15) is 50.5 Å². The Morgan fingerprint density at radius 3 is 2.22 bits per heavy atom. The van der Waals surface area contributed by atoms with Crippen LogP contribution in [0.2, 0.25) is 0 Å². The molecule has 0 atom stereocenters. The fourth-order valence-electron chi connectivity index (χ4n) is 4.75. The van der Waals surface area contributed by atoms with Gasteiger partial charge in [0.05, 0.1) is 0 Å². The van der Waals surface area contributed by atoms with Gasteiger partial charge in [-0.2, -0.15) is 0 Å². The first-order valence-electron chi connectivity index (χ1n) is 11.7. The average Bonchev–Trinajstić information content (AvgIpc) is 2.82. The number of hydrogen-bond acceptors (Lipinski definition) is 2. The summed E-state index contributed by atoms with van der Waals surface area (Å²) in [4.78, 5) is 31.0. The van der Waals surface area contributed by atoms with Crippen LogP contribution in [0.3, 0.4) is 0 Å². The van der Waals surface area contributed by atoms with Gasteiger partial charge < -0.3 is 20.0 Å². The summed E-state index contributed by atoms with van der Waals surface area (Å²) in [7, 11) is 0. The smallest absolute Gasteiger partial charge is 0.319 e. The number of urea groups is 2. The molecule has 1 aromatic carbocycles. The van der Waals surface area contributed by atoms with Crippen LogP contribution in [0.5, 0.6) is 0 Å². The van der Waals surface area contributed by atoms with Crippen LogP contribution < -0.4 is 5.32 Å². The van der Waals surface area contributed by atoms with Crippen molar-refractivity contribution < 1.29 is 18.4 Å². The molecule has 0 unspecified atom stereocenters. The first kappa shape index (κ1) is 22.6. The average molecular weight is 447 g/mol. The molecule has 0 aliphatic carbocycles. The molecule has 174 valence electrons. The Hall–Kier alpha value is -2.64. The Kier molecular flexibility index (Phi) is 7.27. The number of piperidine rings is 3. The van der Waals surface area contributed by atoms with Gasteiger partial charge in [-0.15, -0.1) is 0 Å². The van der Waals surface area contributed by atoms with Crippen molar-refractivity contribution in [3.05, 3.63) is 41.0 Å². The molecule has 4 rings (SSSR count). The lowest BCUT2D eigenvalue weighted by molar-refractivity contribution is 0.128. The summed E-state index contributed by atoms with van der Waals surface area (Å²) in [6.07, 6.45) is 7.89. The summed E-state index contributed by atoms with van der Waals surface area (Å²) >= 11 is 0. The van der Waals surface area contributed by atoms with Crippen LogP contribution in [-0.2, 0) is 0 Å². The van der Waals surface area contributed by atoms with Crippen LogP contribution in [-0.4, -0.2) is 72.1 Å². The van der Waals surface area contributed by atoms with Crippen molar-refractivity contribution in [2.45, 2.75) is 51.0 Å². The lowest BCUT2D eigenvalue weighted by Crippen LogP contribution is -2.53. The van der Waals surface area contributed by atoms with E-state index in [4.69, 9.17) is 0 Å². The molecule has 4 amide bonds. The molecular weight excluding hydrogens is 414 g/mol. The third kappa shape index (κ3) is 5.58. The molecule has 32 heavy (non-hydrogen) atoms. The zero-order valence-electron chi connectivity index (χ0n) is 18.5. The highest BCUT2D eigenvalue weighted by Crippen LogP contribution is 2.22. The first-order valence-corrected chi connectivity index (χ1v) is 11.7. The summed E-state index contributed by atoms with van der Waals surface area (Å²) in [6.45, 7) is 4.17. The van der Waals surface area contributed by atoms with Crippen LogP contribution in [0.4, 0.5) is 18.4 Å². The maximum atomic E-state index is 13.9.